The molecule has 1 aromatic rings. The van der Waals surface area contributed by atoms with Gasteiger partial charge in [-0.2, -0.15) is 0 Å². The van der Waals surface area contributed by atoms with Crippen LogP contribution in [0.4, 0.5) is 0 Å². The summed E-state index contributed by atoms with van der Waals surface area (Å²) in [7, 11) is 3.76. The topological polar surface area (TPSA) is 40.5 Å². The smallest absolute Gasteiger partial charge is 0.337 e. The van der Waals surface area contributed by atoms with E-state index in [2.05, 4.69) is 0 Å². The van der Waals surface area contributed by atoms with Crippen LogP contribution in [0.5, 0.6) is 0 Å². The molecule has 3 nitrogen and oxygen atoms in total. The van der Waals surface area contributed by atoms with Crippen molar-refractivity contribution in [3.63, 3.8) is 0 Å². The van der Waals surface area contributed by atoms with Crippen molar-refractivity contribution in [2.75, 3.05) is 14.1 Å². The molecule has 0 spiro atoms. The summed E-state index contributed by atoms with van der Waals surface area (Å²) in [6.45, 7) is 0.572. The molecule has 1 N–H and O–H groups in total. The Morgan fingerprint density at radius 1 is 1.50 bits per heavy atom. The molecule has 0 bridgehead atoms. The van der Waals surface area contributed by atoms with Crippen LogP contribution in [-0.2, 0) is 6.54 Å². The van der Waals surface area contributed by atoms with E-state index in [1.807, 2.05) is 19.0 Å². The third-order valence-electron chi connectivity index (χ3n) is 1.80. The standard InChI is InChI=1S/C10H12ClNO2/c1-12(2)6-7-4-3-5-8(11)9(7)10(13)14/h3-5H,6H2,1-2H3,(H,13,14). The molecule has 1 aromatic carbocycles. The maximum Gasteiger partial charge on any atom is 0.337 e. The summed E-state index contributed by atoms with van der Waals surface area (Å²) < 4.78 is 0. The van der Waals surface area contributed by atoms with Gasteiger partial charge in [-0.3, -0.25) is 0 Å². The molecule has 0 atom stereocenters. The van der Waals surface area contributed by atoms with Gasteiger partial charge in [0.25, 0.3) is 0 Å². The summed E-state index contributed by atoms with van der Waals surface area (Å²) in [6.07, 6.45) is 0. The van der Waals surface area contributed by atoms with Crippen molar-refractivity contribution < 1.29 is 9.90 Å². The van der Waals surface area contributed by atoms with E-state index in [9.17, 15) is 4.79 Å². The highest BCUT2D eigenvalue weighted by atomic mass is 35.5. The first-order valence-electron chi connectivity index (χ1n) is 4.17. The van der Waals surface area contributed by atoms with E-state index in [0.29, 0.717) is 6.54 Å². The summed E-state index contributed by atoms with van der Waals surface area (Å²) in [5.74, 6) is -0.979. The van der Waals surface area contributed by atoms with Gasteiger partial charge < -0.3 is 10.0 Å². The second-order valence-electron chi connectivity index (χ2n) is 3.32. The first-order chi connectivity index (χ1) is 6.52. The lowest BCUT2D eigenvalue weighted by molar-refractivity contribution is 0.0695. The maximum absolute atomic E-state index is 10.9. The molecule has 0 saturated carbocycles. The van der Waals surface area contributed by atoms with Gasteiger partial charge in [0.15, 0.2) is 0 Å². The van der Waals surface area contributed by atoms with Crippen LogP contribution in [-0.4, -0.2) is 30.1 Å². The third-order valence-corrected chi connectivity index (χ3v) is 2.12. The van der Waals surface area contributed by atoms with Crippen molar-refractivity contribution in [2.45, 2.75) is 6.54 Å². The van der Waals surface area contributed by atoms with Gasteiger partial charge in [-0.15, -0.1) is 0 Å². The van der Waals surface area contributed by atoms with Crippen molar-refractivity contribution in [1.82, 2.24) is 4.90 Å². The van der Waals surface area contributed by atoms with Crippen LogP contribution >= 0.6 is 11.6 Å². The molecule has 0 aromatic heterocycles. The third kappa shape index (κ3) is 2.47. The van der Waals surface area contributed by atoms with Crippen LogP contribution < -0.4 is 0 Å². The molecular formula is C10H12ClNO2. The minimum Gasteiger partial charge on any atom is -0.478 e. The van der Waals surface area contributed by atoms with Crippen LogP contribution in [0.2, 0.25) is 5.02 Å². The minimum absolute atomic E-state index is 0.197. The maximum atomic E-state index is 10.9. The fraction of sp³-hybridized carbons (Fsp3) is 0.300. The Hall–Kier alpha value is -1.06. The van der Waals surface area contributed by atoms with Gasteiger partial charge in [0.05, 0.1) is 10.6 Å². The Kier molecular flexibility index (Phi) is 3.49. The van der Waals surface area contributed by atoms with Gasteiger partial charge >= 0.3 is 5.97 Å². The zero-order valence-corrected chi connectivity index (χ0v) is 8.88. The van der Waals surface area contributed by atoms with Crippen LogP contribution in [0.1, 0.15) is 15.9 Å². The fourth-order valence-corrected chi connectivity index (χ4v) is 1.56. The molecule has 0 saturated heterocycles. The number of aromatic carboxylic acids is 1. The van der Waals surface area contributed by atoms with E-state index in [1.54, 1.807) is 18.2 Å². The van der Waals surface area contributed by atoms with E-state index in [-0.39, 0.29) is 10.6 Å². The van der Waals surface area contributed by atoms with E-state index in [4.69, 9.17) is 16.7 Å². The number of carboxylic acid groups (broad SMARTS) is 1. The number of rotatable bonds is 3. The van der Waals surface area contributed by atoms with Gasteiger partial charge in [0, 0.05) is 6.54 Å². The number of benzene rings is 1. The zero-order valence-electron chi connectivity index (χ0n) is 8.12. The van der Waals surface area contributed by atoms with E-state index in [1.165, 1.54) is 0 Å². The lowest BCUT2D eigenvalue weighted by Crippen LogP contribution is -2.14. The van der Waals surface area contributed by atoms with Gasteiger partial charge in [-0.05, 0) is 25.7 Å². The first-order valence-corrected chi connectivity index (χ1v) is 4.55. The van der Waals surface area contributed by atoms with Crippen molar-refractivity contribution in [2.24, 2.45) is 0 Å². The highest BCUT2D eigenvalue weighted by molar-refractivity contribution is 6.33. The molecule has 4 heteroatoms. The molecule has 0 aliphatic rings. The predicted molar refractivity (Wildman–Crippen MR) is 55.8 cm³/mol. The Morgan fingerprint density at radius 2 is 2.14 bits per heavy atom. The largest absolute Gasteiger partial charge is 0.478 e. The molecule has 0 amide bonds. The average Bonchev–Trinajstić information content (AvgIpc) is 2.01. The number of hydrogen-bond acceptors (Lipinski definition) is 2. The second kappa shape index (κ2) is 4.44. The quantitative estimate of drug-likeness (QED) is 0.836. The van der Waals surface area contributed by atoms with Crippen molar-refractivity contribution >= 4 is 17.6 Å². The summed E-state index contributed by atoms with van der Waals surface area (Å²) in [5, 5.41) is 9.25. The molecule has 0 aliphatic heterocycles. The predicted octanol–water partition coefficient (Wildman–Crippen LogP) is 2.10. The molecule has 0 unspecified atom stereocenters. The number of carboxylic acids is 1. The lowest BCUT2D eigenvalue weighted by atomic mass is 10.1. The monoisotopic (exact) mass is 213 g/mol. The SMILES string of the molecule is CN(C)Cc1cccc(Cl)c1C(=O)O. The summed E-state index contributed by atoms with van der Waals surface area (Å²) >= 11 is 5.81. The first kappa shape index (κ1) is 11.0. The van der Waals surface area contributed by atoms with Gasteiger partial charge in [-0.1, -0.05) is 23.7 Å². The van der Waals surface area contributed by atoms with Crippen molar-refractivity contribution in [3.05, 3.63) is 34.3 Å². The second-order valence-corrected chi connectivity index (χ2v) is 3.72. The van der Waals surface area contributed by atoms with Crippen LogP contribution in [0.15, 0.2) is 18.2 Å². The highest BCUT2D eigenvalue weighted by Gasteiger charge is 2.13. The number of hydrogen-bond donors (Lipinski definition) is 1. The van der Waals surface area contributed by atoms with Gasteiger partial charge in [0.2, 0.25) is 0 Å². The van der Waals surface area contributed by atoms with Gasteiger partial charge in [0.1, 0.15) is 0 Å². The van der Waals surface area contributed by atoms with Crippen LogP contribution in [0, 0.1) is 0 Å². The van der Waals surface area contributed by atoms with Crippen molar-refractivity contribution in [3.8, 4) is 0 Å². The Balaban J connectivity index is 3.14. The Labute approximate surface area is 87.9 Å². The fourth-order valence-electron chi connectivity index (χ4n) is 1.28. The zero-order chi connectivity index (χ0) is 10.7. The lowest BCUT2D eigenvalue weighted by Gasteiger charge is -2.12. The molecule has 1 rings (SSSR count). The molecule has 76 valence electrons. The summed E-state index contributed by atoms with van der Waals surface area (Å²) in [5.41, 5.74) is 0.929. The number of nitrogens with zero attached hydrogens (tertiary/aromatic N) is 1. The van der Waals surface area contributed by atoms with Crippen LogP contribution in [0.3, 0.4) is 0 Å². The molecule has 0 heterocycles. The summed E-state index contributed by atoms with van der Waals surface area (Å²) in [6, 6.07) is 5.12. The van der Waals surface area contributed by atoms with E-state index >= 15 is 0 Å². The highest BCUT2D eigenvalue weighted by Crippen LogP contribution is 2.20. The van der Waals surface area contributed by atoms with E-state index < -0.39 is 5.97 Å². The number of carbonyl (C=O) groups is 1. The summed E-state index contributed by atoms with van der Waals surface area (Å²) in [4.78, 5) is 12.8. The van der Waals surface area contributed by atoms with E-state index in [0.717, 1.165) is 5.56 Å². The Morgan fingerprint density at radius 3 is 2.64 bits per heavy atom. The van der Waals surface area contributed by atoms with Crippen LogP contribution in [0.25, 0.3) is 0 Å². The molecule has 0 fully saturated rings. The normalized spacial score (nSPS) is 10.6. The van der Waals surface area contributed by atoms with Crippen molar-refractivity contribution in [1.29, 1.82) is 0 Å². The number of halogens is 1. The molecular weight excluding hydrogens is 202 g/mol. The average molecular weight is 214 g/mol. The molecule has 0 radical (unpaired) electrons. The van der Waals surface area contributed by atoms with Gasteiger partial charge in [-0.25, -0.2) is 4.79 Å². The molecule has 14 heavy (non-hydrogen) atoms. The minimum atomic E-state index is -0.979. The molecule has 0 aliphatic carbocycles. The Bertz CT molecular complexity index is 350.